The minimum atomic E-state index is -0.750. The average molecular weight is 275 g/mol. The summed E-state index contributed by atoms with van der Waals surface area (Å²) in [7, 11) is 0. The zero-order valence-electron chi connectivity index (χ0n) is 12.1. The molecule has 0 aromatic heterocycles. The number of amides is 1. The zero-order valence-corrected chi connectivity index (χ0v) is 12.1. The number of carboxylic acids is 1. The van der Waals surface area contributed by atoms with Gasteiger partial charge in [0.25, 0.3) is 0 Å². The van der Waals surface area contributed by atoms with Gasteiger partial charge >= 0.3 is 5.97 Å². The van der Waals surface area contributed by atoms with Gasteiger partial charge in [0.15, 0.2) is 0 Å². The number of aliphatic carboxylic acids is 1. The summed E-state index contributed by atoms with van der Waals surface area (Å²) in [5.74, 6) is -0.589. The van der Waals surface area contributed by atoms with Gasteiger partial charge < -0.3 is 10.0 Å². The SMILES string of the molecule is CCC(=O)N1c2ccc(CCCC(=O)O)cc2CC1C. The smallest absolute Gasteiger partial charge is 0.303 e. The summed E-state index contributed by atoms with van der Waals surface area (Å²) in [5.41, 5.74) is 3.38. The molecule has 0 bridgehead atoms. The van der Waals surface area contributed by atoms with E-state index in [1.54, 1.807) is 0 Å². The van der Waals surface area contributed by atoms with Gasteiger partial charge in [-0.3, -0.25) is 9.59 Å². The van der Waals surface area contributed by atoms with Crippen LogP contribution < -0.4 is 4.90 Å². The molecule has 0 fully saturated rings. The third-order valence-corrected chi connectivity index (χ3v) is 3.79. The molecule has 0 radical (unpaired) electrons. The van der Waals surface area contributed by atoms with Gasteiger partial charge in [-0.25, -0.2) is 0 Å². The fourth-order valence-corrected chi connectivity index (χ4v) is 2.83. The number of rotatable bonds is 5. The van der Waals surface area contributed by atoms with Crippen molar-refractivity contribution in [1.29, 1.82) is 0 Å². The third-order valence-electron chi connectivity index (χ3n) is 3.79. The number of carbonyl (C=O) groups is 2. The molecule has 1 unspecified atom stereocenters. The Kier molecular flexibility index (Phi) is 4.42. The van der Waals surface area contributed by atoms with E-state index in [4.69, 9.17) is 5.11 Å². The van der Waals surface area contributed by atoms with Gasteiger partial charge in [-0.2, -0.15) is 0 Å². The number of nitrogens with zero attached hydrogens (tertiary/aromatic N) is 1. The van der Waals surface area contributed by atoms with Crippen molar-refractivity contribution in [3.63, 3.8) is 0 Å². The number of benzene rings is 1. The predicted octanol–water partition coefficient (Wildman–Crippen LogP) is 2.78. The van der Waals surface area contributed by atoms with Crippen LogP contribution in [0.2, 0.25) is 0 Å². The van der Waals surface area contributed by atoms with E-state index >= 15 is 0 Å². The number of hydrogen-bond acceptors (Lipinski definition) is 2. The number of fused-ring (bicyclic) bond motifs is 1. The van der Waals surface area contributed by atoms with Crippen molar-refractivity contribution in [3.05, 3.63) is 29.3 Å². The molecule has 1 N–H and O–H groups in total. The van der Waals surface area contributed by atoms with E-state index in [1.807, 2.05) is 24.0 Å². The second kappa shape index (κ2) is 6.07. The van der Waals surface area contributed by atoms with E-state index in [-0.39, 0.29) is 18.4 Å². The van der Waals surface area contributed by atoms with Crippen LogP contribution >= 0.6 is 0 Å². The number of anilines is 1. The van der Waals surface area contributed by atoms with Crippen molar-refractivity contribution in [1.82, 2.24) is 0 Å². The normalized spacial score (nSPS) is 17.1. The Bertz CT molecular complexity index is 524. The molecular weight excluding hydrogens is 254 g/mol. The highest BCUT2D eigenvalue weighted by Crippen LogP contribution is 2.33. The van der Waals surface area contributed by atoms with E-state index < -0.39 is 5.97 Å². The maximum Gasteiger partial charge on any atom is 0.303 e. The van der Waals surface area contributed by atoms with Crippen LogP contribution in [0.1, 0.15) is 44.2 Å². The Labute approximate surface area is 119 Å². The molecule has 20 heavy (non-hydrogen) atoms. The van der Waals surface area contributed by atoms with E-state index in [0.29, 0.717) is 12.8 Å². The molecule has 1 heterocycles. The second-order valence-electron chi connectivity index (χ2n) is 5.38. The van der Waals surface area contributed by atoms with Crippen LogP contribution in [0, 0.1) is 0 Å². The molecule has 1 aliphatic rings. The molecule has 4 nitrogen and oxygen atoms in total. The minimum Gasteiger partial charge on any atom is -0.481 e. The molecule has 1 aromatic carbocycles. The van der Waals surface area contributed by atoms with Gasteiger partial charge in [0.1, 0.15) is 0 Å². The standard InChI is InChI=1S/C16H21NO3/c1-3-15(18)17-11(2)9-13-10-12(7-8-14(13)17)5-4-6-16(19)20/h7-8,10-11H,3-6,9H2,1-2H3,(H,19,20). The van der Waals surface area contributed by atoms with Gasteiger partial charge in [0.2, 0.25) is 5.91 Å². The van der Waals surface area contributed by atoms with Crippen LogP contribution in [-0.2, 0) is 22.4 Å². The molecule has 0 saturated heterocycles. The second-order valence-corrected chi connectivity index (χ2v) is 5.38. The Morgan fingerprint density at radius 1 is 1.40 bits per heavy atom. The van der Waals surface area contributed by atoms with Gasteiger partial charge in [-0.15, -0.1) is 0 Å². The topological polar surface area (TPSA) is 57.6 Å². The fraction of sp³-hybridized carbons (Fsp3) is 0.500. The van der Waals surface area contributed by atoms with Gasteiger partial charge in [0.05, 0.1) is 0 Å². The lowest BCUT2D eigenvalue weighted by Gasteiger charge is -2.22. The Morgan fingerprint density at radius 2 is 2.15 bits per heavy atom. The summed E-state index contributed by atoms with van der Waals surface area (Å²) in [4.78, 5) is 24.4. The fourth-order valence-electron chi connectivity index (χ4n) is 2.83. The summed E-state index contributed by atoms with van der Waals surface area (Å²) < 4.78 is 0. The number of carboxylic acid groups (broad SMARTS) is 1. The molecule has 4 heteroatoms. The summed E-state index contributed by atoms with van der Waals surface area (Å²) in [6.45, 7) is 3.95. The van der Waals surface area contributed by atoms with Gasteiger partial charge in [0, 0.05) is 24.6 Å². The van der Waals surface area contributed by atoms with Crippen LogP contribution in [0.25, 0.3) is 0 Å². The zero-order chi connectivity index (χ0) is 14.7. The first-order chi connectivity index (χ1) is 9.52. The van der Waals surface area contributed by atoms with Gasteiger partial charge in [-0.1, -0.05) is 19.1 Å². The van der Waals surface area contributed by atoms with E-state index in [1.165, 1.54) is 5.56 Å². The van der Waals surface area contributed by atoms with Crippen molar-refractivity contribution in [2.24, 2.45) is 0 Å². The number of hydrogen-bond donors (Lipinski definition) is 1. The molecular formula is C16H21NO3. The third kappa shape index (κ3) is 3.00. The quantitative estimate of drug-likeness (QED) is 0.899. The van der Waals surface area contributed by atoms with E-state index in [9.17, 15) is 9.59 Å². The Balaban J connectivity index is 2.12. The van der Waals surface area contributed by atoms with Crippen molar-refractivity contribution in [2.45, 2.75) is 52.0 Å². The summed E-state index contributed by atoms with van der Waals surface area (Å²) in [6.07, 6.45) is 3.03. The maximum absolute atomic E-state index is 12.0. The minimum absolute atomic E-state index is 0.162. The lowest BCUT2D eigenvalue weighted by molar-refractivity contribution is -0.137. The highest BCUT2D eigenvalue weighted by Gasteiger charge is 2.29. The first-order valence-corrected chi connectivity index (χ1v) is 7.18. The average Bonchev–Trinajstić information content (AvgIpc) is 2.72. The molecule has 1 aromatic rings. The van der Waals surface area contributed by atoms with Crippen LogP contribution in [0.15, 0.2) is 18.2 Å². The molecule has 1 amide bonds. The first kappa shape index (κ1) is 14.6. The highest BCUT2D eigenvalue weighted by atomic mass is 16.4. The summed E-state index contributed by atoms with van der Waals surface area (Å²) >= 11 is 0. The van der Waals surface area contributed by atoms with Crippen LogP contribution in [0.3, 0.4) is 0 Å². The highest BCUT2D eigenvalue weighted by molar-refractivity contribution is 5.96. The molecule has 0 saturated carbocycles. The molecule has 0 aliphatic carbocycles. The Morgan fingerprint density at radius 3 is 2.80 bits per heavy atom. The first-order valence-electron chi connectivity index (χ1n) is 7.18. The van der Waals surface area contributed by atoms with Crippen molar-refractivity contribution < 1.29 is 14.7 Å². The number of carbonyl (C=O) groups excluding carboxylic acids is 1. The van der Waals surface area contributed by atoms with Crippen LogP contribution in [0.5, 0.6) is 0 Å². The molecule has 2 rings (SSSR count). The Hall–Kier alpha value is -1.84. The largest absolute Gasteiger partial charge is 0.481 e. The predicted molar refractivity (Wildman–Crippen MR) is 78.0 cm³/mol. The van der Waals surface area contributed by atoms with Crippen LogP contribution in [0.4, 0.5) is 5.69 Å². The monoisotopic (exact) mass is 275 g/mol. The molecule has 1 atom stereocenters. The van der Waals surface area contributed by atoms with Crippen molar-refractivity contribution >= 4 is 17.6 Å². The lowest BCUT2D eigenvalue weighted by atomic mass is 10.0. The van der Waals surface area contributed by atoms with Gasteiger partial charge in [-0.05, 0) is 43.4 Å². The summed E-state index contributed by atoms with van der Waals surface area (Å²) in [5, 5.41) is 8.66. The number of aryl methyl sites for hydroxylation is 1. The molecule has 0 spiro atoms. The van der Waals surface area contributed by atoms with E-state index in [0.717, 1.165) is 24.1 Å². The maximum atomic E-state index is 12.0. The van der Waals surface area contributed by atoms with Crippen molar-refractivity contribution in [2.75, 3.05) is 4.90 Å². The molecule has 1 aliphatic heterocycles. The lowest BCUT2D eigenvalue weighted by Crippen LogP contribution is -2.35. The van der Waals surface area contributed by atoms with Crippen molar-refractivity contribution in [3.8, 4) is 0 Å². The summed E-state index contributed by atoms with van der Waals surface area (Å²) in [6, 6.07) is 6.35. The van der Waals surface area contributed by atoms with E-state index in [2.05, 4.69) is 13.0 Å². The molecule has 108 valence electrons. The van der Waals surface area contributed by atoms with Crippen LogP contribution in [-0.4, -0.2) is 23.0 Å².